The van der Waals surface area contributed by atoms with Gasteiger partial charge in [0.15, 0.2) is 0 Å². The number of carbonyl (C=O) groups is 1. The van der Waals surface area contributed by atoms with Gasteiger partial charge in [-0.25, -0.2) is 0 Å². The zero-order valence-corrected chi connectivity index (χ0v) is 15.7. The molecule has 0 unspecified atom stereocenters. The summed E-state index contributed by atoms with van der Waals surface area (Å²) in [4.78, 5) is 10.4. The molecular weight excluding hydrogens is 336 g/mol. The van der Waals surface area contributed by atoms with Crippen molar-refractivity contribution in [3.05, 3.63) is 24.3 Å². The van der Waals surface area contributed by atoms with E-state index in [1.54, 1.807) is 12.2 Å². The van der Waals surface area contributed by atoms with E-state index in [9.17, 15) is 20.1 Å². The molecule has 6 nitrogen and oxygen atoms in total. The number of aliphatic hydroxyl groups excluding tert-OH is 3. The van der Waals surface area contributed by atoms with Gasteiger partial charge in [-0.15, -0.1) is 0 Å². The van der Waals surface area contributed by atoms with Crippen molar-refractivity contribution in [3.63, 3.8) is 0 Å². The molecule has 0 aromatic carbocycles. The first-order valence-electron chi connectivity index (χ1n) is 9.68. The molecule has 1 fully saturated rings. The number of unbranched alkanes of at least 4 members (excludes halogenated alkanes) is 3. The van der Waals surface area contributed by atoms with Crippen molar-refractivity contribution in [1.29, 1.82) is 0 Å². The minimum Gasteiger partial charge on any atom is -0.481 e. The fourth-order valence-electron chi connectivity index (χ4n) is 2.97. The maximum absolute atomic E-state index is 10.4. The van der Waals surface area contributed by atoms with Crippen LogP contribution in [0, 0.1) is 0 Å². The van der Waals surface area contributed by atoms with Crippen LogP contribution in [0.5, 0.6) is 0 Å². The molecule has 6 heteroatoms. The van der Waals surface area contributed by atoms with Gasteiger partial charge in [-0.1, -0.05) is 50.5 Å². The smallest absolute Gasteiger partial charge is 0.303 e. The van der Waals surface area contributed by atoms with Gasteiger partial charge in [0.2, 0.25) is 0 Å². The third kappa shape index (κ3) is 9.48. The molecule has 0 aromatic heterocycles. The number of hydrogen-bond acceptors (Lipinski definition) is 5. The molecule has 1 rings (SSSR count). The standard InChI is InChI=1S/C20H34O6/c1-2-3-6-10-16(22)19-14-17(23)18(26-19)13-12-15(21)9-7-4-5-8-11-20(24)25/h4,7,12-13,15-19,21-23H,2-3,5-6,8-11,14H2,1H3,(H,24,25)/b7-4-,13-12+/t15-,16+,17+,18-,19-/m0/s1. The minimum absolute atomic E-state index is 0.148. The topological polar surface area (TPSA) is 107 Å². The number of rotatable bonds is 13. The lowest BCUT2D eigenvalue weighted by atomic mass is 10.0. The Kier molecular flexibility index (Phi) is 11.4. The monoisotopic (exact) mass is 370 g/mol. The Balaban J connectivity index is 2.29. The Morgan fingerprint density at radius 3 is 2.69 bits per heavy atom. The van der Waals surface area contributed by atoms with E-state index in [-0.39, 0.29) is 12.5 Å². The van der Waals surface area contributed by atoms with Crippen molar-refractivity contribution in [1.82, 2.24) is 0 Å². The van der Waals surface area contributed by atoms with Crippen LogP contribution in [-0.2, 0) is 9.53 Å². The Morgan fingerprint density at radius 1 is 1.23 bits per heavy atom. The van der Waals surface area contributed by atoms with E-state index in [1.165, 1.54) is 0 Å². The number of aliphatic carboxylic acids is 1. The van der Waals surface area contributed by atoms with E-state index in [4.69, 9.17) is 9.84 Å². The third-order valence-corrected chi connectivity index (χ3v) is 4.55. The van der Waals surface area contributed by atoms with Crippen LogP contribution in [0.2, 0.25) is 0 Å². The number of carboxylic acids is 1. The number of hydrogen-bond donors (Lipinski definition) is 4. The molecule has 0 bridgehead atoms. The second kappa shape index (κ2) is 13.0. The fourth-order valence-corrected chi connectivity index (χ4v) is 2.97. The lowest BCUT2D eigenvalue weighted by molar-refractivity contribution is -0.137. The van der Waals surface area contributed by atoms with E-state index in [0.717, 1.165) is 19.3 Å². The quantitative estimate of drug-likeness (QED) is 0.293. The molecule has 4 N–H and O–H groups in total. The van der Waals surface area contributed by atoms with Gasteiger partial charge in [0, 0.05) is 12.8 Å². The van der Waals surface area contributed by atoms with Gasteiger partial charge in [-0.05, 0) is 25.7 Å². The van der Waals surface area contributed by atoms with Gasteiger partial charge < -0.3 is 25.2 Å². The predicted octanol–water partition coefficient (Wildman–Crippen LogP) is 2.56. The number of ether oxygens (including phenoxy) is 1. The fraction of sp³-hybridized carbons (Fsp3) is 0.750. The zero-order chi connectivity index (χ0) is 19.4. The largest absolute Gasteiger partial charge is 0.481 e. The van der Waals surface area contributed by atoms with Crippen LogP contribution in [0.3, 0.4) is 0 Å². The Labute approximate surface area is 156 Å². The van der Waals surface area contributed by atoms with Crippen molar-refractivity contribution in [2.24, 2.45) is 0 Å². The van der Waals surface area contributed by atoms with Crippen molar-refractivity contribution in [2.45, 2.75) is 95.2 Å². The highest BCUT2D eigenvalue weighted by Crippen LogP contribution is 2.26. The Hall–Kier alpha value is -1.21. The van der Waals surface area contributed by atoms with Crippen LogP contribution in [-0.4, -0.2) is 56.9 Å². The van der Waals surface area contributed by atoms with Crippen molar-refractivity contribution in [2.75, 3.05) is 0 Å². The highest BCUT2D eigenvalue weighted by atomic mass is 16.5. The SMILES string of the molecule is CCCCC[C@@H](O)[C@@H]1C[C@@H](O)[C@H](/C=C/[C@@H](O)C/C=C\CCCC(=O)O)O1. The molecule has 1 aliphatic heterocycles. The average molecular weight is 370 g/mol. The first-order chi connectivity index (χ1) is 12.4. The molecule has 0 saturated carbocycles. The highest BCUT2D eigenvalue weighted by Gasteiger charge is 2.36. The second-order valence-electron chi connectivity index (χ2n) is 6.95. The molecule has 0 radical (unpaired) electrons. The maximum atomic E-state index is 10.4. The van der Waals surface area contributed by atoms with Gasteiger partial charge in [0.05, 0.1) is 24.4 Å². The summed E-state index contributed by atoms with van der Waals surface area (Å²) in [7, 11) is 0. The van der Waals surface area contributed by atoms with Gasteiger partial charge in [0.25, 0.3) is 0 Å². The Bertz CT molecular complexity index is 448. The summed E-state index contributed by atoms with van der Waals surface area (Å²) in [6, 6.07) is 0. The summed E-state index contributed by atoms with van der Waals surface area (Å²) in [5.74, 6) is -0.801. The molecule has 1 heterocycles. The lowest BCUT2D eigenvalue weighted by Gasteiger charge is -2.18. The van der Waals surface area contributed by atoms with E-state index in [0.29, 0.717) is 32.1 Å². The van der Waals surface area contributed by atoms with Crippen molar-refractivity contribution >= 4 is 5.97 Å². The molecule has 0 aromatic rings. The summed E-state index contributed by atoms with van der Waals surface area (Å²) in [6.45, 7) is 2.11. The van der Waals surface area contributed by atoms with Crippen LogP contribution in [0.25, 0.3) is 0 Å². The number of allylic oxidation sites excluding steroid dienone is 1. The predicted molar refractivity (Wildman–Crippen MR) is 99.8 cm³/mol. The normalized spacial score (nSPS) is 25.9. The molecule has 26 heavy (non-hydrogen) atoms. The summed E-state index contributed by atoms with van der Waals surface area (Å²) in [6.07, 6.45) is 10.2. The minimum atomic E-state index is -0.801. The summed E-state index contributed by atoms with van der Waals surface area (Å²) in [5.41, 5.74) is 0. The van der Waals surface area contributed by atoms with E-state index < -0.39 is 30.4 Å². The van der Waals surface area contributed by atoms with Gasteiger partial charge in [-0.3, -0.25) is 4.79 Å². The molecule has 150 valence electrons. The zero-order valence-electron chi connectivity index (χ0n) is 15.7. The van der Waals surface area contributed by atoms with Gasteiger partial charge in [-0.2, -0.15) is 0 Å². The number of aliphatic hydroxyl groups is 3. The average Bonchev–Trinajstić information content (AvgIpc) is 2.97. The summed E-state index contributed by atoms with van der Waals surface area (Å²) < 4.78 is 5.73. The maximum Gasteiger partial charge on any atom is 0.303 e. The first-order valence-corrected chi connectivity index (χ1v) is 9.68. The van der Waals surface area contributed by atoms with Crippen molar-refractivity contribution < 1.29 is 30.0 Å². The first kappa shape index (κ1) is 22.8. The molecule has 0 amide bonds. The van der Waals surface area contributed by atoms with Gasteiger partial charge in [0.1, 0.15) is 6.10 Å². The lowest BCUT2D eigenvalue weighted by Crippen LogP contribution is -2.26. The van der Waals surface area contributed by atoms with E-state index in [1.807, 2.05) is 12.2 Å². The van der Waals surface area contributed by atoms with E-state index in [2.05, 4.69) is 6.92 Å². The summed E-state index contributed by atoms with van der Waals surface area (Å²) >= 11 is 0. The molecule has 5 atom stereocenters. The van der Waals surface area contributed by atoms with E-state index >= 15 is 0 Å². The van der Waals surface area contributed by atoms with Gasteiger partial charge >= 0.3 is 5.97 Å². The van der Waals surface area contributed by atoms with Crippen LogP contribution >= 0.6 is 0 Å². The van der Waals surface area contributed by atoms with Crippen LogP contribution in [0.1, 0.15) is 64.7 Å². The number of carboxylic acid groups (broad SMARTS) is 1. The van der Waals surface area contributed by atoms with Crippen LogP contribution in [0.4, 0.5) is 0 Å². The molecule has 1 saturated heterocycles. The summed E-state index contributed by atoms with van der Waals surface area (Å²) in [5, 5.41) is 38.7. The molecule has 0 aliphatic carbocycles. The van der Waals surface area contributed by atoms with Crippen molar-refractivity contribution in [3.8, 4) is 0 Å². The third-order valence-electron chi connectivity index (χ3n) is 4.55. The van der Waals surface area contributed by atoms with Crippen LogP contribution < -0.4 is 0 Å². The molecule has 0 spiro atoms. The highest BCUT2D eigenvalue weighted by molar-refractivity contribution is 5.66. The second-order valence-corrected chi connectivity index (χ2v) is 6.95. The Morgan fingerprint density at radius 2 is 2.00 bits per heavy atom. The molecule has 1 aliphatic rings. The van der Waals surface area contributed by atoms with Crippen LogP contribution in [0.15, 0.2) is 24.3 Å². The molecular formula is C20H34O6.